The SMILES string of the molecule is OC1=CC=C(Br)C(Br)(Br)C1Br. The predicted octanol–water partition coefficient (Wildman–Crippen LogP) is 3.97. The number of allylic oxidation sites excluding steroid dienone is 4. The molecule has 0 saturated carbocycles. The molecule has 0 radical (unpaired) electrons. The van der Waals surface area contributed by atoms with E-state index in [1.165, 1.54) is 0 Å². The number of hydrogen-bond donors (Lipinski definition) is 1. The predicted molar refractivity (Wildman–Crippen MR) is 61.0 cm³/mol. The molecule has 0 bridgehead atoms. The summed E-state index contributed by atoms with van der Waals surface area (Å²) in [4.78, 5) is -0.158. The summed E-state index contributed by atoms with van der Waals surface area (Å²) in [6.07, 6.45) is 3.43. The molecule has 1 unspecified atom stereocenters. The number of hydrogen-bond acceptors (Lipinski definition) is 1. The summed E-state index contributed by atoms with van der Waals surface area (Å²) < 4.78 is 0.503. The Morgan fingerprint density at radius 3 is 2.36 bits per heavy atom. The summed E-state index contributed by atoms with van der Waals surface area (Å²) >= 11 is 13.5. The highest BCUT2D eigenvalue weighted by atomic mass is 79.9. The van der Waals surface area contributed by atoms with Crippen LogP contribution in [0.1, 0.15) is 0 Å². The average molecular weight is 412 g/mol. The first-order valence-electron chi connectivity index (χ1n) is 2.75. The highest BCUT2D eigenvalue weighted by Gasteiger charge is 2.39. The van der Waals surface area contributed by atoms with Gasteiger partial charge in [-0.25, -0.2) is 0 Å². The second-order valence-electron chi connectivity index (χ2n) is 2.09. The third-order valence-corrected chi connectivity index (χ3v) is 7.41. The topological polar surface area (TPSA) is 20.2 Å². The molecule has 0 aliphatic heterocycles. The van der Waals surface area contributed by atoms with Crippen LogP contribution < -0.4 is 0 Å². The molecule has 0 heterocycles. The Bertz CT molecular complexity index is 231. The second-order valence-corrected chi connectivity index (χ2v) is 7.43. The first kappa shape index (κ1) is 10.3. The fraction of sp³-hybridized carbons (Fsp3) is 0.333. The minimum Gasteiger partial charge on any atom is -0.511 e. The summed E-state index contributed by atoms with van der Waals surface area (Å²) in [5.41, 5.74) is 0. The Kier molecular flexibility index (Phi) is 3.29. The van der Waals surface area contributed by atoms with Crippen molar-refractivity contribution in [3.63, 3.8) is 0 Å². The van der Waals surface area contributed by atoms with E-state index in [4.69, 9.17) is 0 Å². The minimum absolute atomic E-state index is 0.158. The molecule has 1 rings (SSSR count). The summed E-state index contributed by atoms with van der Waals surface area (Å²) in [5, 5.41) is 9.32. The molecular formula is C6H4Br4O. The van der Waals surface area contributed by atoms with Gasteiger partial charge in [-0.1, -0.05) is 63.7 Å². The Morgan fingerprint density at radius 1 is 1.36 bits per heavy atom. The van der Waals surface area contributed by atoms with Crippen molar-refractivity contribution in [2.75, 3.05) is 0 Å². The summed E-state index contributed by atoms with van der Waals surface area (Å²) in [6, 6.07) is 0. The standard InChI is InChI=1S/C6H4Br4O/c7-4-2-1-3(11)5(8)6(4,9)10/h1-2,5,11H. The molecule has 1 aliphatic rings. The van der Waals surface area contributed by atoms with E-state index in [0.717, 1.165) is 4.48 Å². The van der Waals surface area contributed by atoms with Gasteiger partial charge in [0.25, 0.3) is 0 Å². The van der Waals surface area contributed by atoms with Crippen molar-refractivity contribution >= 4 is 63.7 Å². The number of aliphatic hydroxyl groups is 1. The number of alkyl halides is 3. The highest BCUT2D eigenvalue weighted by molar-refractivity contribution is 9.27. The molecule has 62 valence electrons. The van der Waals surface area contributed by atoms with Gasteiger partial charge in [0, 0.05) is 4.48 Å². The van der Waals surface area contributed by atoms with E-state index in [0.29, 0.717) is 5.76 Å². The second kappa shape index (κ2) is 3.52. The maximum Gasteiger partial charge on any atom is 0.131 e. The average Bonchev–Trinajstić information content (AvgIpc) is 1.95. The molecular weight excluding hydrogens is 408 g/mol. The van der Waals surface area contributed by atoms with Crippen LogP contribution in [0.3, 0.4) is 0 Å². The zero-order valence-corrected chi connectivity index (χ0v) is 11.5. The van der Waals surface area contributed by atoms with E-state index in [-0.39, 0.29) is 4.83 Å². The molecule has 5 heteroatoms. The third-order valence-electron chi connectivity index (χ3n) is 1.30. The van der Waals surface area contributed by atoms with E-state index in [1.807, 2.05) is 0 Å². The Balaban J connectivity index is 3.03. The van der Waals surface area contributed by atoms with Gasteiger partial charge in [-0.2, -0.15) is 0 Å². The molecule has 1 N–H and O–H groups in total. The van der Waals surface area contributed by atoms with Gasteiger partial charge < -0.3 is 5.11 Å². The quantitative estimate of drug-likeness (QED) is 0.598. The lowest BCUT2D eigenvalue weighted by Crippen LogP contribution is -2.29. The van der Waals surface area contributed by atoms with Crippen LogP contribution in [0.25, 0.3) is 0 Å². The molecule has 0 aromatic carbocycles. The molecule has 11 heavy (non-hydrogen) atoms. The maximum atomic E-state index is 9.32. The van der Waals surface area contributed by atoms with Crippen LogP contribution in [0.5, 0.6) is 0 Å². The number of aliphatic hydroxyl groups excluding tert-OH is 1. The monoisotopic (exact) mass is 408 g/mol. The van der Waals surface area contributed by atoms with Gasteiger partial charge in [0.2, 0.25) is 0 Å². The molecule has 0 spiro atoms. The van der Waals surface area contributed by atoms with Crippen LogP contribution in [0.15, 0.2) is 22.4 Å². The molecule has 0 aromatic rings. The van der Waals surface area contributed by atoms with Gasteiger partial charge in [-0.05, 0) is 12.2 Å². The van der Waals surface area contributed by atoms with E-state index in [9.17, 15) is 5.11 Å². The third kappa shape index (κ3) is 1.92. The summed E-state index contributed by atoms with van der Waals surface area (Å²) in [5.74, 6) is 0.293. The first-order valence-corrected chi connectivity index (χ1v) is 6.04. The smallest absolute Gasteiger partial charge is 0.131 e. The van der Waals surface area contributed by atoms with Gasteiger partial charge in [-0.15, -0.1) is 0 Å². The minimum atomic E-state index is -0.432. The lowest BCUT2D eigenvalue weighted by Gasteiger charge is -2.28. The van der Waals surface area contributed by atoms with Gasteiger partial charge in [0.1, 0.15) is 13.8 Å². The van der Waals surface area contributed by atoms with Crippen molar-refractivity contribution in [1.29, 1.82) is 0 Å². The van der Waals surface area contributed by atoms with Crippen molar-refractivity contribution in [2.45, 2.75) is 8.06 Å². The van der Waals surface area contributed by atoms with E-state index >= 15 is 0 Å². The van der Waals surface area contributed by atoms with Crippen LogP contribution in [-0.2, 0) is 0 Å². The molecule has 0 aromatic heterocycles. The lowest BCUT2D eigenvalue weighted by molar-refractivity contribution is 0.393. The zero-order valence-electron chi connectivity index (χ0n) is 5.19. The van der Waals surface area contributed by atoms with Crippen molar-refractivity contribution in [1.82, 2.24) is 0 Å². The van der Waals surface area contributed by atoms with Crippen LogP contribution >= 0.6 is 63.7 Å². The number of rotatable bonds is 0. The van der Waals surface area contributed by atoms with Gasteiger partial charge >= 0.3 is 0 Å². The lowest BCUT2D eigenvalue weighted by atomic mass is 10.1. The van der Waals surface area contributed by atoms with Crippen LogP contribution in [0.2, 0.25) is 0 Å². The Morgan fingerprint density at radius 2 is 1.91 bits per heavy atom. The fourth-order valence-corrected chi connectivity index (χ4v) is 2.46. The Hall–Kier alpha value is 1.20. The molecule has 1 nitrogen and oxygen atoms in total. The van der Waals surface area contributed by atoms with Crippen molar-refractivity contribution in [3.05, 3.63) is 22.4 Å². The summed E-state index contributed by atoms with van der Waals surface area (Å²) in [6.45, 7) is 0. The normalized spacial score (nSPS) is 29.3. The van der Waals surface area contributed by atoms with Crippen LogP contribution in [0.4, 0.5) is 0 Å². The van der Waals surface area contributed by atoms with Crippen molar-refractivity contribution in [2.24, 2.45) is 0 Å². The number of halogens is 4. The van der Waals surface area contributed by atoms with E-state index in [2.05, 4.69) is 63.7 Å². The van der Waals surface area contributed by atoms with E-state index < -0.39 is 3.23 Å². The van der Waals surface area contributed by atoms with Crippen LogP contribution in [-0.4, -0.2) is 13.2 Å². The molecule has 0 fully saturated rings. The van der Waals surface area contributed by atoms with E-state index in [1.54, 1.807) is 12.2 Å². The maximum absolute atomic E-state index is 9.32. The van der Waals surface area contributed by atoms with Gasteiger partial charge in [0.05, 0.1) is 0 Å². The molecule has 0 amide bonds. The molecule has 1 atom stereocenters. The summed E-state index contributed by atoms with van der Waals surface area (Å²) in [7, 11) is 0. The van der Waals surface area contributed by atoms with Crippen molar-refractivity contribution < 1.29 is 5.11 Å². The van der Waals surface area contributed by atoms with Gasteiger partial charge in [-0.3, -0.25) is 0 Å². The van der Waals surface area contributed by atoms with Crippen LogP contribution in [0, 0.1) is 0 Å². The first-order chi connectivity index (χ1) is 4.96. The Labute approximate surface area is 98.4 Å². The molecule has 0 saturated heterocycles. The van der Waals surface area contributed by atoms with Crippen molar-refractivity contribution in [3.8, 4) is 0 Å². The van der Waals surface area contributed by atoms with Gasteiger partial charge in [0.15, 0.2) is 0 Å². The highest BCUT2D eigenvalue weighted by Crippen LogP contribution is 2.48. The fourth-order valence-electron chi connectivity index (χ4n) is 0.661. The zero-order chi connectivity index (χ0) is 8.65. The largest absolute Gasteiger partial charge is 0.511 e. The molecule has 1 aliphatic carbocycles.